The smallest absolute Gasteiger partial charge is 0.332 e. The van der Waals surface area contributed by atoms with Crippen molar-refractivity contribution in [1.29, 1.82) is 0 Å². The van der Waals surface area contributed by atoms with Gasteiger partial charge in [-0.3, -0.25) is 23.5 Å². The minimum Gasteiger partial charge on any atom is -0.462 e. The number of hydrogen-bond donors (Lipinski definition) is 1. The predicted octanol–water partition coefficient (Wildman–Crippen LogP) is 1.13. The van der Waals surface area contributed by atoms with Crippen LogP contribution in [0.4, 0.5) is 0 Å². The summed E-state index contributed by atoms with van der Waals surface area (Å²) in [7, 11) is 1.58. The molecule has 0 aliphatic rings. The number of rotatable bonds is 7. The van der Waals surface area contributed by atoms with Crippen molar-refractivity contribution >= 4 is 11.2 Å². The molecule has 0 amide bonds. The Bertz CT molecular complexity index is 1160. The number of ether oxygens (including phenoxy) is 1. The van der Waals surface area contributed by atoms with Gasteiger partial charge < -0.3 is 9.84 Å². The number of aromatic nitrogens is 5. The highest BCUT2D eigenvalue weighted by Crippen LogP contribution is 2.22. The van der Waals surface area contributed by atoms with E-state index < -0.39 is 11.2 Å². The van der Waals surface area contributed by atoms with Crippen LogP contribution >= 0.6 is 0 Å². The quantitative estimate of drug-likeness (QED) is 0.636. The lowest BCUT2D eigenvalue weighted by atomic mass is 10.1. The van der Waals surface area contributed by atoms with E-state index >= 15 is 0 Å². The predicted molar refractivity (Wildman–Crippen MR) is 110 cm³/mol. The Labute approximate surface area is 168 Å². The molecule has 29 heavy (non-hydrogen) atoms. The fraction of sp³-hybridized carbons (Fsp3) is 0.500. The van der Waals surface area contributed by atoms with Crippen LogP contribution in [0.25, 0.3) is 11.2 Å². The van der Waals surface area contributed by atoms with Crippen LogP contribution in [-0.4, -0.2) is 41.5 Å². The average molecular weight is 401 g/mol. The van der Waals surface area contributed by atoms with Gasteiger partial charge in [0, 0.05) is 32.1 Å². The first-order chi connectivity index (χ1) is 13.7. The van der Waals surface area contributed by atoms with Gasteiger partial charge in [-0.15, -0.1) is 0 Å². The first kappa shape index (κ1) is 20.8. The second-order valence-electron chi connectivity index (χ2n) is 7.45. The second-order valence-corrected chi connectivity index (χ2v) is 7.45. The summed E-state index contributed by atoms with van der Waals surface area (Å²) in [6, 6.07) is 2.26. The molecular formula is C20H27N5O4. The molecule has 0 atom stereocenters. The molecule has 3 aromatic rings. The monoisotopic (exact) mass is 401 g/mol. The van der Waals surface area contributed by atoms with Crippen LogP contribution in [0.2, 0.25) is 0 Å². The molecular weight excluding hydrogens is 374 g/mol. The van der Waals surface area contributed by atoms with Crippen molar-refractivity contribution in [1.82, 2.24) is 23.7 Å². The molecule has 0 fully saturated rings. The van der Waals surface area contributed by atoms with E-state index in [1.807, 2.05) is 33.8 Å². The van der Waals surface area contributed by atoms with E-state index in [-0.39, 0.29) is 30.9 Å². The molecule has 9 nitrogen and oxygen atoms in total. The summed E-state index contributed by atoms with van der Waals surface area (Å²) in [6.45, 7) is 8.03. The summed E-state index contributed by atoms with van der Waals surface area (Å²) in [5, 5.41) is 9.13. The normalized spacial score (nSPS) is 11.6. The molecule has 0 radical (unpaired) electrons. The maximum Gasteiger partial charge on any atom is 0.332 e. The van der Waals surface area contributed by atoms with Crippen molar-refractivity contribution in [3.8, 4) is 6.01 Å². The van der Waals surface area contributed by atoms with Crippen LogP contribution in [0.5, 0.6) is 6.01 Å². The van der Waals surface area contributed by atoms with E-state index in [0.29, 0.717) is 18.5 Å². The van der Waals surface area contributed by atoms with Crippen LogP contribution in [0.3, 0.4) is 0 Å². The number of aryl methyl sites for hydroxylation is 3. The van der Waals surface area contributed by atoms with Gasteiger partial charge in [0.05, 0.1) is 12.6 Å². The summed E-state index contributed by atoms with van der Waals surface area (Å²) in [6.07, 6.45) is 1.93. The summed E-state index contributed by atoms with van der Waals surface area (Å²) in [5.41, 5.74) is 2.53. The largest absolute Gasteiger partial charge is 0.462 e. The molecule has 3 aromatic heterocycles. The molecule has 156 valence electrons. The van der Waals surface area contributed by atoms with Gasteiger partial charge in [-0.05, 0) is 51.3 Å². The average Bonchev–Trinajstić information content (AvgIpc) is 3.00. The summed E-state index contributed by atoms with van der Waals surface area (Å²) in [4.78, 5) is 34.7. The van der Waals surface area contributed by atoms with E-state index in [9.17, 15) is 9.59 Å². The van der Waals surface area contributed by atoms with Gasteiger partial charge >= 0.3 is 5.69 Å². The Hall–Kier alpha value is -2.94. The molecule has 0 saturated heterocycles. The van der Waals surface area contributed by atoms with Gasteiger partial charge in [0.2, 0.25) is 0 Å². The highest BCUT2D eigenvalue weighted by atomic mass is 16.5. The SMILES string of the molecule is Cc1cc(C)c(Cn2c(OC(C)C)nc3c2c(=O)n(CCCO)c(=O)n3C)cn1. The molecule has 0 spiro atoms. The highest BCUT2D eigenvalue weighted by Gasteiger charge is 2.22. The van der Waals surface area contributed by atoms with E-state index in [2.05, 4.69) is 9.97 Å². The van der Waals surface area contributed by atoms with Crippen LogP contribution in [-0.2, 0) is 20.1 Å². The van der Waals surface area contributed by atoms with E-state index in [0.717, 1.165) is 21.4 Å². The molecule has 0 unspecified atom stereocenters. The molecule has 0 aliphatic heterocycles. The molecule has 0 saturated carbocycles. The maximum absolute atomic E-state index is 13.2. The summed E-state index contributed by atoms with van der Waals surface area (Å²) >= 11 is 0. The number of pyridine rings is 1. The highest BCUT2D eigenvalue weighted by molar-refractivity contribution is 5.72. The third kappa shape index (κ3) is 3.95. The van der Waals surface area contributed by atoms with E-state index in [4.69, 9.17) is 9.84 Å². The molecule has 0 aromatic carbocycles. The number of aliphatic hydroxyl groups is 1. The standard InChI is InChI=1S/C20H27N5O4/c1-12(2)29-19-22-17-16(18(27)24(7-6-8-26)20(28)23(17)5)25(19)11-15-10-21-14(4)9-13(15)3/h9-10,12,26H,6-8,11H2,1-5H3. The molecule has 3 rings (SSSR count). The van der Waals surface area contributed by atoms with Crippen LogP contribution < -0.4 is 16.0 Å². The lowest BCUT2D eigenvalue weighted by Crippen LogP contribution is -2.40. The Balaban J connectivity index is 2.28. The Kier molecular flexibility index (Phi) is 5.88. The minimum absolute atomic E-state index is 0.108. The second kappa shape index (κ2) is 8.20. The van der Waals surface area contributed by atoms with Crippen molar-refractivity contribution < 1.29 is 9.84 Å². The first-order valence-electron chi connectivity index (χ1n) is 9.64. The van der Waals surface area contributed by atoms with Gasteiger partial charge in [-0.2, -0.15) is 4.98 Å². The Morgan fingerprint density at radius 2 is 1.93 bits per heavy atom. The van der Waals surface area contributed by atoms with Crippen molar-refractivity contribution in [3.63, 3.8) is 0 Å². The Morgan fingerprint density at radius 1 is 1.21 bits per heavy atom. The summed E-state index contributed by atoms with van der Waals surface area (Å²) in [5.74, 6) is 0. The van der Waals surface area contributed by atoms with Gasteiger partial charge in [-0.25, -0.2) is 4.79 Å². The van der Waals surface area contributed by atoms with Crippen LogP contribution in [0.15, 0.2) is 21.9 Å². The van der Waals surface area contributed by atoms with Crippen molar-refractivity contribution in [3.05, 3.63) is 49.9 Å². The molecule has 3 heterocycles. The summed E-state index contributed by atoms with van der Waals surface area (Å²) < 4.78 is 10.0. The number of hydrogen-bond acceptors (Lipinski definition) is 6. The van der Waals surface area contributed by atoms with Gasteiger partial charge in [-0.1, -0.05) is 0 Å². The lowest BCUT2D eigenvalue weighted by Gasteiger charge is -2.14. The van der Waals surface area contributed by atoms with Crippen molar-refractivity contribution in [2.75, 3.05) is 6.61 Å². The maximum atomic E-state index is 13.2. The first-order valence-corrected chi connectivity index (χ1v) is 9.64. The molecule has 9 heteroatoms. The number of aliphatic hydroxyl groups excluding tert-OH is 1. The molecule has 0 bridgehead atoms. The fourth-order valence-corrected chi connectivity index (χ4v) is 3.29. The minimum atomic E-state index is -0.468. The zero-order chi connectivity index (χ0) is 21.3. The number of fused-ring (bicyclic) bond motifs is 1. The topological polar surface area (TPSA) is 104 Å². The number of nitrogens with zero attached hydrogens (tertiary/aromatic N) is 5. The molecule has 0 aliphatic carbocycles. The third-order valence-electron chi connectivity index (χ3n) is 4.76. The lowest BCUT2D eigenvalue weighted by molar-refractivity contribution is 0.214. The van der Waals surface area contributed by atoms with Gasteiger partial charge in [0.1, 0.15) is 0 Å². The van der Waals surface area contributed by atoms with Gasteiger partial charge in [0.25, 0.3) is 11.6 Å². The number of imidazole rings is 1. The molecule has 1 N–H and O–H groups in total. The van der Waals surface area contributed by atoms with Crippen molar-refractivity contribution in [2.45, 2.75) is 53.3 Å². The van der Waals surface area contributed by atoms with E-state index in [1.165, 1.54) is 4.57 Å². The van der Waals surface area contributed by atoms with Crippen LogP contribution in [0, 0.1) is 13.8 Å². The van der Waals surface area contributed by atoms with Crippen LogP contribution in [0.1, 0.15) is 37.1 Å². The zero-order valence-electron chi connectivity index (χ0n) is 17.5. The third-order valence-corrected chi connectivity index (χ3v) is 4.76. The van der Waals surface area contributed by atoms with Crippen molar-refractivity contribution in [2.24, 2.45) is 7.05 Å². The Morgan fingerprint density at radius 3 is 2.55 bits per heavy atom. The zero-order valence-corrected chi connectivity index (χ0v) is 17.5. The fourth-order valence-electron chi connectivity index (χ4n) is 3.29. The van der Waals surface area contributed by atoms with E-state index in [1.54, 1.807) is 17.8 Å². The van der Waals surface area contributed by atoms with Gasteiger partial charge in [0.15, 0.2) is 11.2 Å².